The molecule has 150 valence electrons. The van der Waals surface area contributed by atoms with Crippen LogP contribution in [0.2, 0.25) is 5.02 Å². The largest absolute Gasteiger partial charge is 0.493 e. The number of benzene rings is 3. The number of nitro groups is 1. The molecule has 7 heteroatoms. The maximum atomic E-state index is 10.9. The average Bonchev–Trinajstić information content (AvgIpc) is 2.72. The van der Waals surface area contributed by atoms with Crippen LogP contribution in [0.15, 0.2) is 60.7 Å². The van der Waals surface area contributed by atoms with Crippen LogP contribution in [0.25, 0.3) is 0 Å². The van der Waals surface area contributed by atoms with Crippen molar-refractivity contribution in [3.8, 4) is 11.5 Å². The highest BCUT2D eigenvalue weighted by Gasteiger charge is 2.13. The molecule has 0 saturated heterocycles. The quantitative estimate of drug-likeness (QED) is 0.376. The summed E-state index contributed by atoms with van der Waals surface area (Å²) in [7, 11) is 1.56. The first-order valence-electron chi connectivity index (χ1n) is 8.99. The number of rotatable bonds is 8. The predicted molar refractivity (Wildman–Crippen MR) is 114 cm³/mol. The summed E-state index contributed by atoms with van der Waals surface area (Å²) in [6.45, 7) is 2.84. The summed E-state index contributed by atoms with van der Waals surface area (Å²) in [4.78, 5) is 10.5. The molecule has 0 bridgehead atoms. The molecule has 0 aromatic heterocycles. The minimum Gasteiger partial charge on any atom is -0.493 e. The van der Waals surface area contributed by atoms with Crippen molar-refractivity contribution in [2.24, 2.45) is 0 Å². The minimum atomic E-state index is -0.425. The van der Waals surface area contributed by atoms with Gasteiger partial charge in [-0.1, -0.05) is 47.5 Å². The molecule has 0 saturated carbocycles. The van der Waals surface area contributed by atoms with Crippen molar-refractivity contribution in [2.45, 2.75) is 20.1 Å². The standard InChI is InChI=1S/C22H21ClN2O4/c1-15-6-8-16(9-7-15)14-29-22-20(23)10-17(11-21(22)28-2)13-24-18-4-3-5-19(12-18)25(26)27/h3-12,24H,13-14H2,1-2H3. The molecule has 6 nitrogen and oxygen atoms in total. The van der Waals surface area contributed by atoms with Crippen LogP contribution >= 0.6 is 11.6 Å². The summed E-state index contributed by atoms with van der Waals surface area (Å²) in [5.74, 6) is 1.01. The molecule has 3 aromatic carbocycles. The highest BCUT2D eigenvalue weighted by Crippen LogP contribution is 2.37. The number of ether oxygens (including phenoxy) is 2. The van der Waals surface area contributed by atoms with Crippen LogP contribution in [0, 0.1) is 17.0 Å². The Balaban J connectivity index is 1.71. The average molecular weight is 413 g/mol. The van der Waals surface area contributed by atoms with E-state index in [-0.39, 0.29) is 5.69 Å². The van der Waals surface area contributed by atoms with E-state index < -0.39 is 4.92 Å². The number of halogens is 1. The Morgan fingerprint density at radius 1 is 1.07 bits per heavy atom. The maximum Gasteiger partial charge on any atom is 0.271 e. The Morgan fingerprint density at radius 3 is 2.52 bits per heavy atom. The lowest BCUT2D eigenvalue weighted by Gasteiger charge is -2.15. The fourth-order valence-electron chi connectivity index (χ4n) is 2.79. The van der Waals surface area contributed by atoms with E-state index in [1.807, 2.05) is 37.3 Å². The van der Waals surface area contributed by atoms with Gasteiger partial charge in [0.25, 0.3) is 5.69 Å². The molecule has 1 N–H and O–H groups in total. The van der Waals surface area contributed by atoms with Crippen LogP contribution in [-0.4, -0.2) is 12.0 Å². The van der Waals surface area contributed by atoms with Gasteiger partial charge < -0.3 is 14.8 Å². The lowest BCUT2D eigenvalue weighted by atomic mass is 10.1. The van der Waals surface area contributed by atoms with Crippen LogP contribution in [0.5, 0.6) is 11.5 Å². The van der Waals surface area contributed by atoms with E-state index in [0.29, 0.717) is 35.4 Å². The van der Waals surface area contributed by atoms with Gasteiger partial charge in [-0.25, -0.2) is 0 Å². The summed E-state index contributed by atoms with van der Waals surface area (Å²) in [5.41, 5.74) is 3.76. The molecule has 0 heterocycles. The predicted octanol–water partition coefficient (Wildman–Crippen LogP) is 5.76. The van der Waals surface area contributed by atoms with Crippen molar-refractivity contribution in [2.75, 3.05) is 12.4 Å². The highest BCUT2D eigenvalue weighted by atomic mass is 35.5. The topological polar surface area (TPSA) is 73.6 Å². The summed E-state index contributed by atoms with van der Waals surface area (Å²) in [6.07, 6.45) is 0. The first-order valence-corrected chi connectivity index (χ1v) is 9.37. The van der Waals surface area contributed by atoms with Gasteiger partial charge in [-0.2, -0.15) is 0 Å². The van der Waals surface area contributed by atoms with Crippen molar-refractivity contribution in [1.82, 2.24) is 0 Å². The van der Waals surface area contributed by atoms with Crippen molar-refractivity contribution < 1.29 is 14.4 Å². The number of hydrogen-bond donors (Lipinski definition) is 1. The van der Waals surface area contributed by atoms with E-state index in [9.17, 15) is 10.1 Å². The Labute approximate surface area is 174 Å². The summed E-state index contributed by atoms with van der Waals surface area (Å²) < 4.78 is 11.3. The molecular formula is C22H21ClN2O4. The fourth-order valence-corrected chi connectivity index (χ4v) is 3.08. The van der Waals surface area contributed by atoms with Gasteiger partial charge in [-0.05, 0) is 36.2 Å². The number of hydrogen-bond acceptors (Lipinski definition) is 5. The van der Waals surface area contributed by atoms with Gasteiger partial charge in [-0.15, -0.1) is 0 Å². The summed E-state index contributed by atoms with van der Waals surface area (Å²) in [6, 6.07) is 18.0. The molecule has 0 spiro atoms. The summed E-state index contributed by atoms with van der Waals surface area (Å²) >= 11 is 6.43. The minimum absolute atomic E-state index is 0.0328. The van der Waals surface area contributed by atoms with Crippen molar-refractivity contribution in [3.63, 3.8) is 0 Å². The van der Waals surface area contributed by atoms with Crippen LogP contribution in [0.3, 0.4) is 0 Å². The van der Waals surface area contributed by atoms with E-state index in [0.717, 1.165) is 11.1 Å². The molecule has 0 aliphatic carbocycles. The molecule has 0 radical (unpaired) electrons. The van der Waals surface area contributed by atoms with Crippen molar-refractivity contribution in [1.29, 1.82) is 0 Å². The first-order chi connectivity index (χ1) is 14.0. The fraction of sp³-hybridized carbons (Fsp3) is 0.182. The molecule has 0 aliphatic rings. The zero-order valence-electron chi connectivity index (χ0n) is 16.1. The van der Waals surface area contributed by atoms with Crippen LogP contribution in [-0.2, 0) is 13.2 Å². The third-order valence-corrected chi connectivity index (χ3v) is 4.63. The number of nitro benzene ring substituents is 1. The van der Waals surface area contributed by atoms with Crippen molar-refractivity contribution in [3.05, 3.63) is 92.5 Å². The van der Waals surface area contributed by atoms with E-state index in [2.05, 4.69) is 5.32 Å². The van der Waals surface area contributed by atoms with Gasteiger partial charge in [0.1, 0.15) is 6.61 Å². The number of aryl methyl sites for hydroxylation is 1. The zero-order valence-corrected chi connectivity index (χ0v) is 16.9. The second-order valence-corrected chi connectivity index (χ2v) is 6.95. The molecule has 0 fully saturated rings. The van der Waals surface area contributed by atoms with E-state index in [1.165, 1.54) is 17.7 Å². The number of methoxy groups -OCH3 is 1. The lowest BCUT2D eigenvalue weighted by Crippen LogP contribution is -2.03. The van der Waals surface area contributed by atoms with Crippen molar-refractivity contribution >= 4 is 23.0 Å². The Morgan fingerprint density at radius 2 is 1.83 bits per heavy atom. The molecule has 0 amide bonds. The normalized spacial score (nSPS) is 10.4. The molecule has 0 atom stereocenters. The van der Waals surface area contributed by atoms with Gasteiger partial charge in [0.05, 0.1) is 17.1 Å². The van der Waals surface area contributed by atoms with E-state index in [1.54, 1.807) is 25.3 Å². The van der Waals surface area contributed by atoms with Gasteiger partial charge in [0, 0.05) is 24.4 Å². The van der Waals surface area contributed by atoms with Crippen LogP contribution in [0.4, 0.5) is 11.4 Å². The molecular weight excluding hydrogens is 392 g/mol. The van der Waals surface area contributed by atoms with E-state index >= 15 is 0 Å². The third kappa shape index (κ3) is 5.39. The molecule has 3 rings (SSSR count). The first kappa shape index (κ1) is 20.5. The van der Waals surface area contributed by atoms with Gasteiger partial charge in [0.15, 0.2) is 11.5 Å². The second-order valence-electron chi connectivity index (χ2n) is 6.54. The molecule has 0 unspecified atom stereocenters. The summed E-state index contributed by atoms with van der Waals surface area (Å²) in [5, 5.41) is 14.5. The van der Waals surface area contributed by atoms with E-state index in [4.69, 9.17) is 21.1 Å². The SMILES string of the molecule is COc1cc(CNc2cccc([N+](=O)[O-])c2)cc(Cl)c1OCc1ccc(C)cc1. The molecule has 29 heavy (non-hydrogen) atoms. The monoisotopic (exact) mass is 412 g/mol. The molecule has 0 aliphatic heterocycles. The van der Waals surface area contributed by atoms with Gasteiger partial charge >= 0.3 is 0 Å². The van der Waals surface area contributed by atoms with Gasteiger partial charge in [0.2, 0.25) is 0 Å². The number of non-ortho nitro benzene ring substituents is 1. The molecule has 3 aromatic rings. The number of anilines is 1. The third-order valence-electron chi connectivity index (χ3n) is 4.35. The zero-order chi connectivity index (χ0) is 20.8. The Kier molecular flexibility index (Phi) is 6.57. The number of nitrogens with one attached hydrogen (secondary N) is 1. The highest BCUT2D eigenvalue weighted by molar-refractivity contribution is 6.32. The van der Waals surface area contributed by atoms with Crippen LogP contribution < -0.4 is 14.8 Å². The Hall–Kier alpha value is -3.25. The maximum absolute atomic E-state index is 10.9. The Bertz CT molecular complexity index is 1010. The van der Waals surface area contributed by atoms with Gasteiger partial charge in [-0.3, -0.25) is 10.1 Å². The number of nitrogens with zero attached hydrogens (tertiary/aromatic N) is 1. The smallest absolute Gasteiger partial charge is 0.271 e. The lowest BCUT2D eigenvalue weighted by molar-refractivity contribution is -0.384. The second kappa shape index (κ2) is 9.30. The van der Waals surface area contributed by atoms with Crippen LogP contribution in [0.1, 0.15) is 16.7 Å².